The van der Waals surface area contributed by atoms with Gasteiger partial charge in [0, 0.05) is 19.2 Å². The lowest BCUT2D eigenvalue weighted by molar-refractivity contribution is 0.263. The smallest absolute Gasteiger partial charge is 0.261 e. The Bertz CT molecular complexity index is 1040. The van der Waals surface area contributed by atoms with E-state index >= 15 is 0 Å². The molecule has 0 bridgehead atoms. The van der Waals surface area contributed by atoms with Gasteiger partial charge in [-0.05, 0) is 48.5 Å². The molecule has 0 amide bonds. The van der Waals surface area contributed by atoms with E-state index < -0.39 is 27.4 Å². The fraction of sp³-hybridized carbons (Fsp3) is 0.548. The van der Waals surface area contributed by atoms with Gasteiger partial charge >= 0.3 is 0 Å². The van der Waals surface area contributed by atoms with Crippen molar-refractivity contribution in [3.63, 3.8) is 0 Å². The maximum absolute atomic E-state index is 13.7. The van der Waals surface area contributed by atoms with Gasteiger partial charge in [-0.1, -0.05) is 119 Å². The standard InChI is InChI=1S/C31H49NO2SSi2/c1-25-23-32(35(33)30(2,3)4)29(28(25)24-36(8,9)10)21-22-34-37(31(5,6)7,26-17-13-11-14-18-26)27-19-15-12-16-20-27/h11-20,24-25,29H,21-23H2,1-10H3/b28-24-/t25?,29-,35-/m1/s1. The molecule has 0 saturated carbocycles. The number of benzene rings is 2. The molecule has 3 rings (SSSR count). The Morgan fingerprint density at radius 2 is 1.41 bits per heavy atom. The Hall–Kier alpha value is -1.32. The zero-order chi connectivity index (χ0) is 27.6. The normalized spacial score (nSPS) is 21.9. The van der Waals surface area contributed by atoms with E-state index in [1.165, 1.54) is 15.9 Å². The molecule has 3 nitrogen and oxygen atoms in total. The highest BCUT2D eigenvalue weighted by Crippen LogP contribution is 2.39. The molecule has 2 aromatic rings. The van der Waals surface area contributed by atoms with Crippen molar-refractivity contribution < 1.29 is 8.63 Å². The summed E-state index contributed by atoms with van der Waals surface area (Å²) in [5.41, 5.74) is 4.04. The first-order valence-electron chi connectivity index (χ1n) is 13.7. The van der Waals surface area contributed by atoms with Crippen LogP contribution in [0, 0.1) is 5.92 Å². The van der Waals surface area contributed by atoms with Crippen molar-refractivity contribution in [3.05, 3.63) is 71.9 Å². The average molecular weight is 556 g/mol. The third-order valence-electron chi connectivity index (χ3n) is 7.22. The largest absolute Gasteiger partial charge is 0.407 e. The predicted molar refractivity (Wildman–Crippen MR) is 167 cm³/mol. The van der Waals surface area contributed by atoms with Crippen molar-refractivity contribution in [2.75, 3.05) is 13.2 Å². The molecule has 0 aromatic heterocycles. The molecule has 3 atom stereocenters. The zero-order valence-electron chi connectivity index (χ0n) is 24.8. The van der Waals surface area contributed by atoms with Crippen LogP contribution in [0.2, 0.25) is 24.7 Å². The molecule has 2 aromatic carbocycles. The second-order valence-electron chi connectivity index (χ2n) is 13.7. The fourth-order valence-electron chi connectivity index (χ4n) is 5.67. The Morgan fingerprint density at radius 3 is 1.81 bits per heavy atom. The van der Waals surface area contributed by atoms with Crippen LogP contribution in [-0.2, 0) is 15.4 Å². The van der Waals surface area contributed by atoms with Crippen LogP contribution in [0.1, 0.15) is 54.9 Å². The van der Waals surface area contributed by atoms with Gasteiger partial charge in [-0.15, -0.1) is 0 Å². The van der Waals surface area contributed by atoms with Crippen LogP contribution < -0.4 is 10.4 Å². The third kappa shape index (κ3) is 6.82. The van der Waals surface area contributed by atoms with E-state index in [0.717, 1.165) is 13.0 Å². The lowest BCUT2D eigenvalue weighted by atomic mass is 10.00. The van der Waals surface area contributed by atoms with Crippen LogP contribution in [0.4, 0.5) is 0 Å². The van der Waals surface area contributed by atoms with Crippen molar-refractivity contribution in [3.8, 4) is 0 Å². The first-order valence-corrected chi connectivity index (χ1v) is 20.3. The fourth-order valence-corrected chi connectivity index (χ4v) is 13.2. The van der Waals surface area contributed by atoms with Gasteiger partial charge in [0.25, 0.3) is 8.32 Å². The number of rotatable bonds is 8. The molecule has 37 heavy (non-hydrogen) atoms. The highest BCUT2D eigenvalue weighted by molar-refractivity contribution is 7.84. The molecule has 6 heteroatoms. The molecule has 204 valence electrons. The van der Waals surface area contributed by atoms with Crippen molar-refractivity contribution in [2.45, 2.75) is 90.4 Å². The summed E-state index contributed by atoms with van der Waals surface area (Å²) in [5, 5.41) is 2.56. The first kappa shape index (κ1) is 30.2. The molecular formula is C31H49NO2SSi2. The number of hydrogen-bond donors (Lipinski definition) is 0. The molecule has 0 aliphatic carbocycles. The van der Waals surface area contributed by atoms with Crippen molar-refractivity contribution in [2.24, 2.45) is 5.92 Å². The summed E-state index contributed by atoms with van der Waals surface area (Å²) in [6.07, 6.45) is 0.854. The molecule has 1 unspecified atom stereocenters. The van der Waals surface area contributed by atoms with Crippen molar-refractivity contribution in [1.82, 2.24) is 4.31 Å². The van der Waals surface area contributed by atoms with E-state index in [-0.39, 0.29) is 15.8 Å². The minimum atomic E-state index is -2.60. The molecule has 0 spiro atoms. The van der Waals surface area contributed by atoms with Crippen molar-refractivity contribution in [1.29, 1.82) is 0 Å². The minimum absolute atomic E-state index is 0.0520. The zero-order valence-corrected chi connectivity index (χ0v) is 27.6. The van der Waals surface area contributed by atoms with Crippen LogP contribution in [0.3, 0.4) is 0 Å². The van der Waals surface area contributed by atoms with Gasteiger partial charge in [0.15, 0.2) is 0 Å². The molecule has 1 fully saturated rings. The summed E-state index contributed by atoms with van der Waals surface area (Å²) >= 11 is 0. The quantitative estimate of drug-likeness (QED) is 0.346. The van der Waals surface area contributed by atoms with E-state index in [0.29, 0.717) is 12.5 Å². The maximum Gasteiger partial charge on any atom is 0.261 e. The molecule has 0 N–H and O–H groups in total. The van der Waals surface area contributed by atoms with Gasteiger partial charge in [-0.3, -0.25) is 0 Å². The SMILES string of the molecule is CC1CN([S@](=O)C(C)(C)C)[C@H](CCO[Si](c2ccccc2)(c2ccccc2)C(C)(C)C)/C1=C\[Si](C)(C)C. The summed E-state index contributed by atoms with van der Waals surface area (Å²) < 4.78 is 22.9. The van der Waals surface area contributed by atoms with E-state index in [4.69, 9.17) is 4.43 Å². The molecule has 1 aliphatic rings. The predicted octanol–water partition coefficient (Wildman–Crippen LogP) is 6.54. The van der Waals surface area contributed by atoms with Crippen LogP contribution in [-0.4, -0.2) is 48.8 Å². The third-order valence-corrected chi connectivity index (χ3v) is 15.3. The van der Waals surface area contributed by atoms with Gasteiger partial charge < -0.3 is 4.43 Å². The monoisotopic (exact) mass is 555 g/mol. The summed E-state index contributed by atoms with van der Waals surface area (Å²) in [6, 6.07) is 21.9. The lowest BCUT2D eigenvalue weighted by Gasteiger charge is -2.43. The van der Waals surface area contributed by atoms with E-state index in [1.807, 2.05) is 0 Å². The number of hydrogen-bond acceptors (Lipinski definition) is 2. The maximum atomic E-state index is 13.7. The highest BCUT2D eigenvalue weighted by atomic mass is 32.2. The van der Waals surface area contributed by atoms with Crippen LogP contribution >= 0.6 is 0 Å². The van der Waals surface area contributed by atoms with Crippen LogP contribution in [0.5, 0.6) is 0 Å². The molecule has 1 heterocycles. The molecule has 1 aliphatic heterocycles. The van der Waals surface area contributed by atoms with Gasteiger partial charge in [-0.25, -0.2) is 8.51 Å². The molecular weight excluding hydrogens is 507 g/mol. The van der Waals surface area contributed by atoms with Gasteiger partial charge in [-0.2, -0.15) is 0 Å². The molecule has 0 radical (unpaired) electrons. The summed E-state index contributed by atoms with van der Waals surface area (Å²) in [7, 11) is -5.11. The topological polar surface area (TPSA) is 29.5 Å². The van der Waals surface area contributed by atoms with Crippen LogP contribution in [0.25, 0.3) is 0 Å². The van der Waals surface area contributed by atoms with E-state index in [2.05, 4.69) is 139 Å². The van der Waals surface area contributed by atoms with E-state index in [9.17, 15) is 4.21 Å². The van der Waals surface area contributed by atoms with Gasteiger partial charge in [0.2, 0.25) is 0 Å². The summed E-state index contributed by atoms with van der Waals surface area (Å²) in [6.45, 7) is 24.2. The second kappa shape index (κ2) is 11.4. The average Bonchev–Trinajstić information content (AvgIpc) is 3.09. The van der Waals surface area contributed by atoms with Crippen LogP contribution in [0.15, 0.2) is 71.9 Å². The van der Waals surface area contributed by atoms with Gasteiger partial charge in [0.05, 0.1) is 12.8 Å². The Kier molecular flexibility index (Phi) is 9.34. The lowest BCUT2D eigenvalue weighted by Crippen LogP contribution is -2.66. The summed E-state index contributed by atoms with van der Waals surface area (Å²) in [4.78, 5) is 0. The number of nitrogens with zero attached hydrogens (tertiary/aromatic N) is 1. The van der Waals surface area contributed by atoms with Gasteiger partial charge in [0.1, 0.15) is 11.0 Å². The Balaban J connectivity index is 2.02. The summed E-state index contributed by atoms with van der Waals surface area (Å²) in [5.74, 6) is 0.413. The molecule has 1 saturated heterocycles. The Morgan fingerprint density at radius 1 is 0.919 bits per heavy atom. The van der Waals surface area contributed by atoms with Crippen molar-refractivity contribution >= 4 is 37.8 Å². The minimum Gasteiger partial charge on any atom is -0.407 e. The first-order chi connectivity index (χ1) is 17.1. The highest BCUT2D eigenvalue weighted by Gasteiger charge is 2.50. The second-order valence-corrected chi connectivity index (χ2v) is 25.2. The van der Waals surface area contributed by atoms with E-state index in [1.54, 1.807) is 0 Å². The Labute approximate surface area is 231 Å².